The second-order valence-electron chi connectivity index (χ2n) is 4.75. The van der Waals surface area contributed by atoms with Gasteiger partial charge in [-0.3, -0.25) is 0 Å². The normalized spacial score (nSPS) is 10.3. The van der Waals surface area contributed by atoms with E-state index in [9.17, 15) is 4.79 Å². The quantitative estimate of drug-likeness (QED) is 0.689. The van der Waals surface area contributed by atoms with Gasteiger partial charge in [0, 0.05) is 10.7 Å². The van der Waals surface area contributed by atoms with Crippen molar-refractivity contribution in [2.24, 2.45) is 0 Å². The maximum Gasteiger partial charge on any atom is 0.340 e. The first-order valence-corrected chi connectivity index (χ1v) is 6.63. The highest BCUT2D eigenvalue weighted by molar-refractivity contribution is 6.30. The van der Waals surface area contributed by atoms with Gasteiger partial charge in [-0.05, 0) is 48.7 Å². The second-order valence-corrected chi connectivity index (χ2v) is 5.18. The van der Waals surface area contributed by atoms with Gasteiger partial charge in [0.05, 0.1) is 5.56 Å². The molecule has 2 N–H and O–H groups in total. The van der Waals surface area contributed by atoms with Crippen LogP contribution in [0.2, 0.25) is 5.02 Å². The highest BCUT2D eigenvalue weighted by Gasteiger charge is 2.13. The van der Waals surface area contributed by atoms with Crippen LogP contribution in [0.1, 0.15) is 27.0 Å². The Morgan fingerprint density at radius 3 is 2.50 bits per heavy atom. The number of halogens is 1. The number of carbonyl (C=O) groups is 1. The molecule has 3 nitrogen and oxygen atoms in total. The molecule has 2 aromatic rings. The summed E-state index contributed by atoms with van der Waals surface area (Å²) in [5.74, 6) is -0.413. The van der Waals surface area contributed by atoms with Crippen molar-refractivity contribution < 1.29 is 9.53 Å². The number of benzene rings is 2. The van der Waals surface area contributed by atoms with E-state index in [-0.39, 0.29) is 6.61 Å². The van der Waals surface area contributed by atoms with Gasteiger partial charge in [0.2, 0.25) is 0 Å². The summed E-state index contributed by atoms with van der Waals surface area (Å²) in [6.07, 6.45) is 0. The highest BCUT2D eigenvalue weighted by Crippen LogP contribution is 2.21. The average Bonchev–Trinajstić information content (AvgIpc) is 2.42. The third-order valence-electron chi connectivity index (χ3n) is 3.03. The smallest absolute Gasteiger partial charge is 0.340 e. The summed E-state index contributed by atoms with van der Waals surface area (Å²) in [4.78, 5) is 12.1. The van der Waals surface area contributed by atoms with Gasteiger partial charge in [0.25, 0.3) is 0 Å². The van der Waals surface area contributed by atoms with Crippen LogP contribution in [0.25, 0.3) is 0 Å². The highest BCUT2D eigenvalue weighted by atomic mass is 35.5. The lowest BCUT2D eigenvalue weighted by Crippen LogP contribution is -2.09. The lowest BCUT2D eigenvalue weighted by atomic mass is 10.0. The molecule has 4 heteroatoms. The van der Waals surface area contributed by atoms with Gasteiger partial charge >= 0.3 is 5.97 Å². The van der Waals surface area contributed by atoms with Gasteiger partial charge in [-0.25, -0.2) is 4.79 Å². The van der Waals surface area contributed by atoms with Crippen molar-refractivity contribution in [3.8, 4) is 0 Å². The largest absolute Gasteiger partial charge is 0.457 e. The summed E-state index contributed by atoms with van der Waals surface area (Å²) >= 11 is 5.80. The SMILES string of the molecule is Cc1cc(C)c(N)c(C(=O)OCc2ccc(Cl)cc2)c1. The molecule has 0 aliphatic rings. The van der Waals surface area contributed by atoms with Gasteiger partial charge in [0.15, 0.2) is 0 Å². The number of nitrogen functional groups attached to an aromatic ring is 1. The van der Waals surface area contributed by atoms with Gasteiger partial charge in [0.1, 0.15) is 6.61 Å². The number of carbonyl (C=O) groups excluding carboxylic acids is 1. The molecule has 0 aliphatic carbocycles. The van der Waals surface area contributed by atoms with Crippen molar-refractivity contribution in [3.63, 3.8) is 0 Å². The minimum absolute atomic E-state index is 0.197. The predicted molar refractivity (Wildman–Crippen MR) is 80.9 cm³/mol. The lowest BCUT2D eigenvalue weighted by molar-refractivity contribution is 0.0474. The zero-order chi connectivity index (χ0) is 14.7. The van der Waals surface area contributed by atoms with Crippen molar-refractivity contribution in [1.29, 1.82) is 0 Å². The van der Waals surface area contributed by atoms with Crippen LogP contribution in [-0.4, -0.2) is 5.97 Å². The first kappa shape index (κ1) is 14.4. The molecular formula is C16H16ClNO2. The van der Waals surface area contributed by atoms with E-state index in [2.05, 4.69) is 0 Å². The molecule has 0 spiro atoms. The molecule has 0 fully saturated rings. The van der Waals surface area contributed by atoms with Crippen molar-refractivity contribution in [2.75, 3.05) is 5.73 Å². The number of hydrogen-bond acceptors (Lipinski definition) is 3. The molecule has 0 amide bonds. The number of ether oxygens (including phenoxy) is 1. The summed E-state index contributed by atoms with van der Waals surface area (Å²) < 4.78 is 5.28. The Balaban J connectivity index is 2.11. The second kappa shape index (κ2) is 5.97. The van der Waals surface area contributed by atoms with Crippen LogP contribution in [0.3, 0.4) is 0 Å². The summed E-state index contributed by atoms with van der Waals surface area (Å²) in [6.45, 7) is 3.99. The molecule has 0 saturated carbocycles. The fraction of sp³-hybridized carbons (Fsp3) is 0.188. The lowest BCUT2D eigenvalue weighted by Gasteiger charge is -2.10. The Labute approximate surface area is 123 Å². The standard InChI is InChI=1S/C16H16ClNO2/c1-10-7-11(2)15(18)14(8-10)16(19)20-9-12-3-5-13(17)6-4-12/h3-8H,9,18H2,1-2H3. The number of nitrogens with two attached hydrogens (primary N) is 1. The van der Waals surface area contributed by atoms with E-state index >= 15 is 0 Å². The number of hydrogen-bond donors (Lipinski definition) is 1. The van der Waals surface area contributed by atoms with E-state index in [0.29, 0.717) is 16.3 Å². The molecule has 0 unspecified atom stereocenters. The van der Waals surface area contributed by atoms with Crippen LogP contribution >= 0.6 is 11.6 Å². The van der Waals surface area contributed by atoms with E-state index in [0.717, 1.165) is 16.7 Å². The summed E-state index contributed by atoms with van der Waals surface area (Å²) in [6, 6.07) is 10.8. The number of aryl methyl sites for hydroxylation is 2. The first-order chi connectivity index (χ1) is 9.47. The summed E-state index contributed by atoms with van der Waals surface area (Å²) in [5, 5.41) is 0.652. The number of anilines is 1. The molecule has 0 radical (unpaired) electrons. The Morgan fingerprint density at radius 1 is 1.20 bits per heavy atom. The van der Waals surface area contributed by atoms with Crippen molar-refractivity contribution >= 4 is 23.3 Å². The Hall–Kier alpha value is -2.00. The van der Waals surface area contributed by atoms with Gasteiger partial charge in [-0.1, -0.05) is 29.8 Å². The average molecular weight is 290 g/mol. The van der Waals surface area contributed by atoms with Gasteiger partial charge in [-0.15, -0.1) is 0 Å². The maximum absolute atomic E-state index is 12.1. The molecule has 2 rings (SSSR count). The van der Waals surface area contributed by atoms with E-state index in [1.165, 1.54) is 0 Å². The van der Waals surface area contributed by atoms with Crippen LogP contribution in [0.15, 0.2) is 36.4 Å². The fourth-order valence-electron chi connectivity index (χ4n) is 1.95. The molecule has 0 aliphatic heterocycles. The van der Waals surface area contributed by atoms with Crippen molar-refractivity contribution in [2.45, 2.75) is 20.5 Å². The molecule has 0 heterocycles. The molecular weight excluding hydrogens is 274 g/mol. The molecule has 2 aromatic carbocycles. The van der Waals surface area contributed by atoms with Crippen LogP contribution in [-0.2, 0) is 11.3 Å². The van der Waals surface area contributed by atoms with Crippen LogP contribution in [0.5, 0.6) is 0 Å². The van der Waals surface area contributed by atoms with Crippen molar-refractivity contribution in [3.05, 3.63) is 63.7 Å². The van der Waals surface area contributed by atoms with Gasteiger partial charge < -0.3 is 10.5 Å². The zero-order valence-electron chi connectivity index (χ0n) is 11.4. The Kier molecular flexibility index (Phi) is 4.30. The van der Waals surface area contributed by atoms with Crippen molar-refractivity contribution in [1.82, 2.24) is 0 Å². The van der Waals surface area contributed by atoms with E-state index < -0.39 is 5.97 Å². The molecule has 20 heavy (non-hydrogen) atoms. The third-order valence-corrected chi connectivity index (χ3v) is 3.29. The summed E-state index contributed by atoms with van der Waals surface area (Å²) in [5.41, 5.74) is 9.55. The predicted octanol–water partition coefficient (Wildman–Crippen LogP) is 3.90. The Bertz CT molecular complexity index is 636. The molecule has 0 bridgehead atoms. The minimum atomic E-state index is -0.413. The number of rotatable bonds is 3. The number of esters is 1. The molecule has 104 valence electrons. The topological polar surface area (TPSA) is 52.3 Å². The third kappa shape index (κ3) is 3.31. The zero-order valence-corrected chi connectivity index (χ0v) is 12.2. The first-order valence-electron chi connectivity index (χ1n) is 6.25. The maximum atomic E-state index is 12.1. The van der Waals surface area contributed by atoms with Crippen LogP contribution in [0, 0.1) is 13.8 Å². The van der Waals surface area contributed by atoms with E-state index in [4.69, 9.17) is 22.1 Å². The molecule has 0 saturated heterocycles. The molecule has 0 atom stereocenters. The van der Waals surface area contributed by atoms with Gasteiger partial charge in [-0.2, -0.15) is 0 Å². The summed E-state index contributed by atoms with van der Waals surface area (Å²) in [7, 11) is 0. The molecule has 0 aromatic heterocycles. The monoisotopic (exact) mass is 289 g/mol. The van der Waals surface area contributed by atoms with E-state index in [1.807, 2.05) is 32.0 Å². The van der Waals surface area contributed by atoms with Crippen LogP contribution < -0.4 is 5.73 Å². The Morgan fingerprint density at radius 2 is 1.85 bits per heavy atom. The van der Waals surface area contributed by atoms with Crippen LogP contribution in [0.4, 0.5) is 5.69 Å². The minimum Gasteiger partial charge on any atom is -0.457 e. The van der Waals surface area contributed by atoms with E-state index in [1.54, 1.807) is 18.2 Å². The fourth-order valence-corrected chi connectivity index (χ4v) is 2.08.